The van der Waals surface area contributed by atoms with Crippen LogP contribution >= 0.6 is 0 Å². The van der Waals surface area contributed by atoms with Crippen LogP contribution in [-0.4, -0.2) is 71.7 Å². The van der Waals surface area contributed by atoms with Crippen LogP contribution in [0.3, 0.4) is 0 Å². The summed E-state index contributed by atoms with van der Waals surface area (Å²) in [6.07, 6.45) is 2.00. The van der Waals surface area contributed by atoms with Crippen molar-refractivity contribution >= 4 is 23.4 Å². The van der Waals surface area contributed by atoms with Crippen LogP contribution in [0, 0.1) is 5.92 Å². The number of carboxylic acid groups (broad SMARTS) is 1. The highest BCUT2D eigenvalue weighted by Gasteiger charge is 2.53. The first-order valence-corrected chi connectivity index (χ1v) is 9.17. The van der Waals surface area contributed by atoms with E-state index in [1.807, 2.05) is 0 Å². The van der Waals surface area contributed by atoms with Crippen molar-refractivity contribution in [2.45, 2.75) is 43.1 Å². The Labute approximate surface area is 141 Å². The lowest BCUT2D eigenvalue weighted by atomic mass is 9.78. The van der Waals surface area contributed by atoms with Crippen LogP contribution in [0.15, 0.2) is 0 Å². The molecule has 138 valence electrons. The molecule has 1 saturated heterocycles. The molecular formula is C12H24BN3O7S. The summed E-state index contributed by atoms with van der Waals surface area (Å²) in [5.74, 6) is -1.95. The Bertz CT molecular complexity index is 583. The first-order valence-electron chi connectivity index (χ1n) is 7.80. The SMILES string of the molecule is NC1(COS(=O)(=O)N2C[C@H](CCCB(O)O)[C@](N)(C(=O)O)C2)CC1. The molecule has 2 atom stereocenters. The molecule has 1 saturated carbocycles. The minimum atomic E-state index is -4.12. The van der Waals surface area contributed by atoms with Crippen molar-refractivity contribution in [3.8, 4) is 0 Å². The zero-order valence-corrected chi connectivity index (χ0v) is 14.1. The van der Waals surface area contributed by atoms with E-state index < -0.39 is 46.9 Å². The number of nitrogens with zero attached hydrogens (tertiary/aromatic N) is 1. The van der Waals surface area contributed by atoms with Crippen molar-refractivity contribution in [2.75, 3.05) is 19.7 Å². The summed E-state index contributed by atoms with van der Waals surface area (Å²) in [5, 5.41) is 27.1. The van der Waals surface area contributed by atoms with E-state index in [9.17, 15) is 18.3 Å². The van der Waals surface area contributed by atoms with E-state index in [-0.39, 0.29) is 25.9 Å². The fraction of sp³-hybridized carbons (Fsp3) is 0.917. The summed E-state index contributed by atoms with van der Waals surface area (Å²) in [5.41, 5.74) is 9.38. The van der Waals surface area contributed by atoms with Crippen molar-refractivity contribution in [1.29, 1.82) is 0 Å². The van der Waals surface area contributed by atoms with Gasteiger partial charge in [-0.05, 0) is 25.6 Å². The molecule has 0 bridgehead atoms. The number of rotatable bonds is 9. The number of hydrogen-bond donors (Lipinski definition) is 5. The second-order valence-corrected chi connectivity index (χ2v) is 8.44. The normalized spacial score (nSPS) is 29.6. The van der Waals surface area contributed by atoms with E-state index in [0.717, 1.165) is 4.31 Å². The summed E-state index contributed by atoms with van der Waals surface area (Å²) < 4.78 is 30.4. The highest BCUT2D eigenvalue weighted by molar-refractivity contribution is 7.84. The average Bonchev–Trinajstić information content (AvgIpc) is 3.10. The van der Waals surface area contributed by atoms with Gasteiger partial charge in [0.1, 0.15) is 5.54 Å². The Hall–Kier alpha value is -0.755. The maximum absolute atomic E-state index is 12.3. The lowest BCUT2D eigenvalue weighted by molar-refractivity contribution is -0.144. The van der Waals surface area contributed by atoms with Crippen LogP contribution in [0.2, 0.25) is 6.32 Å². The molecule has 1 aliphatic carbocycles. The molecule has 1 heterocycles. The van der Waals surface area contributed by atoms with Gasteiger partial charge in [-0.2, -0.15) is 12.7 Å². The average molecular weight is 365 g/mol. The molecule has 10 nitrogen and oxygen atoms in total. The number of hydrogen-bond acceptors (Lipinski definition) is 8. The van der Waals surface area contributed by atoms with E-state index in [4.69, 9.17) is 25.7 Å². The topological polar surface area (TPSA) is 176 Å². The van der Waals surface area contributed by atoms with E-state index in [1.165, 1.54) is 0 Å². The van der Waals surface area contributed by atoms with Gasteiger partial charge in [-0.3, -0.25) is 8.98 Å². The van der Waals surface area contributed by atoms with Gasteiger partial charge in [0.25, 0.3) is 0 Å². The van der Waals surface area contributed by atoms with Gasteiger partial charge >= 0.3 is 23.4 Å². The lowest BCUT2D eigenvalue weighted by Crippen LogP contribution is -2.55. The van der Waals surface area contributed by atoms with Crippen molar-refractivity contribution in [2.24, 2.45) is 17.4 Å². The summed E-state index contributed by atoms with van der Waals surface area (Å²) in [4.78, 5) is 11.5. The van der Waals surface area contributed by atoms with Crippen LogP contribution in [0.5, 0.6) is 0 Å². The molecule has 0 aromatic heterocycles. The fourth-order valence-electron chi connectivity index (χ4n) is 2.77. The lowest BCUT2D eigenvalue weighted by Gasteiger charge is -2.25. The quantitative estimate of drug-likeness (QED) is 0.281. The summed E-state index contributed by atoms with van der Waals surface area (Å²) in [6, 6.07) is 0. The molecule has 12 heteroatoms. The van der Waals surface area contributed by atoms with E-state index in [1.54, 1.807) is 0 Å². The molecular weight excluding hydrogens is 341 g/mol. The minimum absolute atomic E-state index is 0.0607. The predicted molar refractivity (Wildman–Crippen MR) is 84.9 cm³/mol. The molecule has 2 aliphatic rings. The number of aliphatic carboxylic acids is 1. The monoisotopic (exact) mass is 365 g/mol. The van der Waals surface area contributed by atoms with Crippen LogP contribution in [0.4, 0.5) is 0 Å². The van der Waals surface area contributed by atoms with Crippen LogP contribution in [0.25, 0.3) is 0 Å². The Balaban J connectivity index is 2.02. The van der Waals surface area contributed by atoms with Gasteiger partial charge in [0.2, 0.25) is 0 Å². The highest BCUT2D eigenvalue weighted by Crippen LogP contribution is 2.35. The van der Waals surface area contributed by atoms with Gasteiger partial charge in [0.05, 0.1) is 6.61 Å². The Morgan fingerprint density at radius 1 is 1.33 bits per heavy atom. The van der Waals surface area contributed by atoms with E-state index in [2.05, 4.69) is 0 Å². The van der Waals surface area contributed by atoms with E-state index in [0.29, 0.717) is 19.3 Å². The first kappa shape index (κ1) is 19.6. The van der Waals surface area contributed by atoms with Crippen LogP contribution < -0.4 is 11.5 Å². The van der Waals surface area contributed by atoms with Crippen molar-refractivity contribution in [1.82, 2.24) is 4.31 Å². The van der Waals surface area contributed by atoms with Gasteiger partial charge in [-0.1, -0.05) is 6.42 Å². The Kier molecular flexibility index (Phi) is 5.60. The van der Waals surface area contributed by atoms with Gasteiger partial charge in [0.15, 0.2) is 0 Å². The second-order valence-electron chi connectivity index (χ2n) is 6.83. The molecule has 0 spiro atoms. The largest absolute Gasteiger partial charge is 0.480 e. The third kappa shape index (κ3) is 4.45. The first-order chi connectivity index (χ1) is 11.0. The van der Waals surface area contributed by atoms with Crippen LogP contribution in [-0.2, 0) is 19.3 Å². The molecule has 7 N–H and O–H groups in total. The number of nitrogens with two attached hydrogens (primary N) is 2. The molecule has 0 aromatic rings. The third-order valence-corrected chi connectivity index (χ3v) is 6.03. The fourth-order valence-corrected chi connectivity index (χ4v) is 4.04. The molecule has 0 unspecified atom stereocenters. The maximum atomic E-state index is 12.3. The summed E-state index contributed by atoms with van der Waals surface area (Å²) in [7, 11) is -5.62. The standard InChI is InChI=1S/C12H24BN3O7S/c14-11(3-4-11)8-23-24(21,22)16-6-9(2-1-5-13(19)20)12(15,7-16)10(17)18/h9,19-20H,1-8,14-15H2,(H,17,18)/t9-,12-/m0/s1. The zero-order valence-electron chi connectivity index (χ0n) is 13.3. The van der Waals surface area contributed by atoms with Crippen molar-refractivity contribution in [3.05, 3.63) is 0 Å². The molecule has 0 aromatic carbocycles. The molecule has 2 rings (SSSR count). The molecule has 1 aliphatic heterocycles. The smallest absolute Gasteiger partial charge is 0.451 e. The molecule has 0 radical (unpaired) electrons. The van der Waals surface area contributed by atoms with Crippen LogP contribution in [0.1, 0.15) is 25.7 Å². The van der Waals surface area contributed by atoms with Gasteiger partial charge in [-0.25, -0.2) is 0 Å². The van der Waals surface area contributed by atoms with Crippen molar-refractivity contribution < 1.29 is 32.5 Å². The molecule has 24 heavy (non-hydrogen) atoms. The summed E-state index contributed by atoms with van der Waals surface area (Å²) in [6.45, 7) is -0.628. The number of carbonyl (C=O) groups is 1. The Morgan fingerprint density at radius 2 is 1.96 bits per heavy atom. The Morgan fingerprint density at radius 3 is 2.46 bits per heavy atom. The third-order valence-electron chi connectivity index (χ3n) is 4.71. The highest BCUT2D eigenvalue weighted by atomic mass is 32.2. The summed E-state index contributed by atoms with van der Waals surface area (Å²) >= 11 is 0. The van der Waals surface area contributed by atoms with Gasteiger partial charge in [-0.15, -0.1) is 0 Å². The predicted octanol–water partition coefficient (Wildman–Crippen LogP) is -2.29. The zero-order chi connectivity index (χ0) is 18.2. The minimum Gasteiger partial charge on any atom is -0.480 e. The second kappa shape index (κ2) is 6.86. The molecule has 2 fully saturated rings. The van der Waals surface area contributed by atoms with Gasteiger partial charge < -0.3 is 26.6 Å². The number of carboxylic acids is 1. The molecule has 0 amide bonds. The van der Waals surface area contributed by atoms with E-state index >= 15 is 0 Å². The maximum Gasteiger partial charge on any atom is 0.451 e. The van der Waals surface area contributed by atoms with Gasteiger partial charge in [0, 0.05) is 24.5 Å². The van der Waals surface area contributed by atoms with Crippen molar-refractivity contribution in [3.63, 3.8) is 0 Å².